The van der Waals surface area contributed by atoms with Crippen LogP contribution in [0.15, 0.2) is 54.6 Å². The summed E-state index contributed by atoms with van der Waals surface area (Å²) in [6.07, 6.45) is -0.631. The largest absolute Gasteiger partial charge is 0.483 e. The first-order chi connectivity index (χ1) is 10.2. The van der Waals surface area contributed by atoms with E-state index in [1.165, 1.54) is 0 Å². The number of hydrogen-bond acceptors (Lipinski definition) is 3. The molecule has 0 spiro atoms. The third-order valence-corrected chi connectivity index (χ3v) is 3.06. The van der Waals surface area contributed by atoms with Crippen molar-refractivity contribution in [2.75, 3.05) is 6.61 Å². The number of benzene rings is 2. The van der Waals surface area contributed by atoms with Crippen LogP contribution in [0, 0.1) is 0 Å². The number of amides is 1. The fourth-order valence-electron chi connectivity index (χ4n) is 1.95. The minimum Gasteiger partial charge on any atom is -0.483 e. The molecular formula is C17H19NO3. The molecule has 2 aromatic rings. The number of hydrogen-bond donors (Lipinski definition) is 2. The zero-order chi connectivity index (χ0) is 15.1. The zero-order valence-electron chi connectivity index (χ0n) is 12.0. The first kappa shape index (κ1) is 15.1. The maximum absolute atomic E-state index is 11.8. The van der Waals surface area contributed by atoms with Crippen molar-refractivity contribution in [2.45, 2.75) is 19.6 Å². The summed E-state index contributed by atoms with van der Waals surface area (Å²) < 4.78 is 5.48. The van der Waals surface area contributed by atoms with Crippen LogP contribution < -0.4 is 10.1 Å². The van der Waals surface area contributed by atoms with Gasteiger partial charge in [-0.15, -0.1) is 0 Å². The van der Waals surface area contributed by atoms with Crippen molar-refractivity contribution in [3.8, 4) is 5.75 Å². The standard InChI is InChI=1S/C17H19NO3/c1-13(19)15-9-5-6-10-16(15)21-12-17(20)18-11-14-7-3-2-4-8-14/h2-10,13,19H,11-12H2,1H3,(H,18,20)/t13-/m1/s1. The number of para-hydroxylation sites is 1. The highest BCUT2D eigenvalue weighted by atomic mass is 16.5. The summed E-state index contributed by atoms with van der Waals surface area (Å²) in [5, 5.41) is 12.4. The van der Waals surface area contributed by atoms with Gasteiger partial charge in [0, 0.05) is 12.1 Å². The number of rotatable bonds is 6. The van der Waals surface area contributed by atoms with E-state index >= 15 is 0 Å². The van der Waals surface area contributed by atoms with Crippen LogP contribution in [0.3, 0.4) is 0 Å². The minimum atomic E-state index is -0.631. The first-order valence-corrected chi connectivity index (χ1v) is 6.87. The van der Waals surface area contributed by atoms with Gasteiger partial charge in [0.25, 0.3) is 5.91 Å². The van der Waals surface area contributed by atoms with Gasteiger partial charge in [0.05, 0.1) is 6.10 Å². The number of aliphatic hydroxyl groups excluding tert-OH is 1. The van der Waals surface area contributed by atoms with Crippen LogP contribution in [-0.4, -0.2) is 17.6 Å². The lowest BCUT2D eigenvalue weighted by atomic mass is 10.1. The van der Waals surface area contributed by atoms with Crippen molar-refractivity contribution >= 4 is 5.91 Å². The molecule has 0 saturated carbocycles. The second kappa shape index (κ2) is 7.45. The number of aliphatic hydroxyl groups is 1. The quantitative estimate of drug-likeness (QED) is 0.857. The van der Waals surface area contributed by atoms with Gasteiger partial charge >= 0.3 is 0 Å². The Labute approximate surface area is 124 Å². The maximum atomic E-state index is 11.8. The molecule has 2 rings (SSSR count). The predicted molar refractivity (Wildman–Crippen MR) is 80.9 cm³/mol. The van der Waals surface area contributed by atoms with E-state index in [9.17, 15) is 9.90 Å². The van der Waals surface area contributed by atoms with Gasteiger partial charge in [0.15, 0.2) is 6.61 Å². The Morgan fingerprint density at radius 1 is 1.14 bits per heavy atom. The molecule has 2 N–H and O–H groups in total. The van der Waals surface area contributed by atoms with Crippen molar-refractivity contribution in [3.05, 3.63) is 65.7 Å². The van der Waals surface area contributed by atoms with Crippen molar-refractivity contribution < 1.29 is 14.6 Å². The molecule has 4 nitrogen and oxygen atoms in total. The van der Waals surface area contributed by atoms with Gasteiger partial charge in [-0.2, -0.15) is 0 Å². The molecule has 1 atom stereocenters. The summed E-state index contributed by atoms with van der Waals surface area (Å²) in [5.74, 6) is 0.335. The van der Waals surface area contributed by atoms with Crippen LogP contribution >= 0.6 is 0 Å². The summed E-state index contributed by atoms with van der Waals surface area (Å²) in [5.41, 5.74) is 1.71. The predicted octanol–water partition coefficient (Wildman–Crippen LogP) is 2.44. The van der Waals surface area contributed by atoms with Crippen molar-refractivity contribution in [1.82, 2.24) is 5.32 Å². The molecule has 0 unspecified atom stereocenters. The van der Waals surface area contributed by atoms with E-state index in [-0.39, 0.29) is 12.5 Å². The second-order valence-corrected chi connectivity index (χ2v) is 4.76. The van der Waals surface area contributed by atoms with Crippen LogP contribution in [0.1, 0.15) is 24.2 Å². The van der Waals surface area contributed by atoms with Crippen LogP contribution in [0.4, 0.5) is 0 Å². The highest BCUT2D eigenvalue weighted by molar-refractivity contribution is 5.77. The lowest BCUT2D eigenvalue weighted by molar-refractivity contribution is -0.123. The average Bonchev–Trinajstić information content (AvgIpc) is 2.52. The Morgan fingerprint density at radius 3 is 2.52 bits per heavy atom. The van der Waals surface area contributed by atoms with Crippen molar-refractivity contribution in [1.29, 1.82) is 0 Å². The number of carbonyl (C=O) groups excluding carboxylic acids is 1. The third kappa shape index (κ3) is 4.61. The van der Waals surface area contributed by atoms with E-state index in [0.29, 0.717) is 17.9 Å². The van der Waals surface area contributed by atoms with Crippen LogP contribution in [0.25, 0.3) is 0 Å². The van der Waals surface area contributed by atoms with Crippen LogP contribution in [0.5, 0.6) is 5.75 Å². The average molecular weight is 285 g/mol. The van der Waals surface area contributed by atoms with E-state index < -0.39 is 6.10 Å². The Kier molecular flexibility index (Phi) is 5.35. The number of carbonyl (C=O) groups is 1. The van der Waals surface area contributed by atoms with E-state index in [1.807, 2.05) is 42.5 Å². The Bertz CT molecular complexity index is 582. The summed E-state index contributed by atoms with van der Waals surface area (Å²) >= 11 is 0. The smallest absolute Gasteiger partial charge is 0.258 e. The Morgan fingerprint density at radius 2 is 1.81 bits per heavy atom. The van der Waals surface area contributed by atoms with Crippen molar-refractivity contribution in [3.63, 3.8) is 0 Å². The molecule has 0 bridgehead atoms. The Hall–Kier alpha value is -2.33. The zero-order valence-corrected chi connectivity index (χ0v) is 12.0. The SMILES string of the molecule is C[C@@H](O)c1ccccc1OCC(=O)NCc1ccccc1. The molecule has 1 amide bonds. The number of ether oxygens (including phenoxy) is 1. The normalized spacial score (nSPS) is 11.7. The van der Waals surface area contributed by atoms with Gasteiger partial charge in [-0.1, -0.05) is 48.5 Å². The summed E-state index contributed by atoms with van der Waals surface area (Å²) in [4.78, 5) is 11.8. The van der Waals surface area contributed by atoms with E-state index in [1.54, 1.807) is 19.1 Å². The van der Waals surface area contributed by atoms with Gasteiger partial charge in [0.2, 0.25) is 0 Å². The molecule has 0 aromatic heterocycles. The first-order valence-electron chi connectivity index (χ1n) is 6.87. The fourth-order valence-corrected chi connectivity index (χ4v) is 1.95. The highest BCUT2D eigenvalue weighted by Crippen LogP contribution is 2.24. The van der Waals surface area contributed by atoms with Crippen molar-refractivity contribution in [2.24, 2.45) is 0 Å². The molecule has 21 heavy (non-hydrogen) atoms. The molecule has 2 aromatic carbocycles. The van der Waals surface area contributed by atoms with Gasteiger partial charge in [-0.25, -0.2) is 0 Å². The van der Waals surface area contributed by atoms with Gasteiger partial charge in [-0.05, 0) is 18.6 Å². The fraction of sp³-hybridized carbons (Fsp3) is 0.235. The molecule has 110 valence electrons. The minimum absolute atomic E-state index is 0.0729. The Balaban J connectivity index is 1.84. The van der Waals surface area contributed by atoms with E-state index in [2.05, 4.69) is 5.32 Å². The molecule has 0 saturated heterocycles. The molecule has 0 aliphatic rings. The molecule has 0 heterocycles. The van der Waals surface area contributed by atoms with Crippen LogP contribution in [0.2, 0.25) is 0 Å². The number of nitrogens with one attached hydrogen (secondary N) is 1. The molecule has 0 radical (unpaired) electrons. The molecule has 4 heteroatoms. The van der Waals surface area contributed by atoms with Gasteiger partial charge in [0.1, 0.15) is 5.75 Å². The molecule has 0 fully saturated rings. The lowest BCUT2D eigenvalue weighted by Crippen LogP contribution is -2.28. The highest BCUT2D eigenvalue weighted by Gasteiger charge is 2.09. The maximum Gasteiger partial charge on any atom is 0.258 e. The van der Waals surface area contributed by atoms with Gasteiger partial charge < -0.3 is 15.2 Å². The van der Waals surface area contributed by atoms with E-state index in [0.717, 1.165) is 5.56 Å². The summed E-state index contributed by atoms with van der Waals surface area (Å²) in [6.45, 7) is 2.06. The summed E-state index contributed by atoms with van der Waals surface area (Å²) in [6, 6.07) is 16.8. The van der Waals surface area contributed by atoms with E-state index in [4.69, 9.17) is 4.74 Å². The monoisotopic (exact) mass is 285 g/mol. The molecule has 0 aliphatic heterocycles. The molecular weight excluding hydrogens is 266 g/mol. The molecule has 0 aliphatic carbocycles. The topological polar surface area (TPSA) is 58.6 Å². The third-order valence-electron chi connectivity index (χ3n) is 3.06. The van der Waals surface area contributed by atoms with Crippen LogP contribution in [-0.2, 0) is 11.3 Å². The summed E-state index contributed by atoms with van der Waals surface area (Å²) in [7, 11) is 0. The lowest BCUT2D eigenvalue weighted by Gasteiger charge is -2.13. The second-order valence-electron chi connectivity index (χ2n) is 4.76. The van der Waals surface area contributed by atoms with Gasteiger partial charge in [-0.3, -0.25) is 4.79 Å².